The number of benzene rings is 2. The van der Waals surface area contributed by atoms with Crippen LogP contribution in [0.4, 0.5) is 0 Å². The van der Waals surface area contributed by atoms with Gasteiger partial charge in [0.05, 0.1) is 0 Å². The van der Waals surface area contributed by atoms with E-state index in [4.69, 9.17) is 0 Å². The predicted octanol–water partition coefficient (Wildman–Crippen LogP) is 3.31. The fourth-order valence-electron chi connectivity index (χ4n) is 2.41. The Bertz CT molecular complexity index is 526. The number of rotatable bonds is 1. The molecule has 1 aliphatic heterocycles. The van der Waals surface area contributed by atoms with Gasteiger partial charge in [0.2, 0.25) is 0 Å². The molecular formula is C16H17N. The smallest absolute Gasteiger partial charge is 0.0208 e. The highest BCUT2D eigenvalue weighted by Crippen LogP contribution is 2.24. The van der Waals surface area contributed by atoms with Crippen LogP contribution < -0.4 is 5.32 Å². The summed E-state index contributed by atoms with van der Waals surface area (Å²) < 4.78 is 0. The third kappa shape index (κ3) is 2.11. The average Bonchev–Trinajstić information content (AvgIpc) is 2.39. The Morgan fingerprint density at radius 3 is 2.47 bits per heavy atom. The topological polar surface area (TPSA) is 12.0 Å². The minimum atomic E-state index is 1.01. The van der Waals surface area contributed by atoms with Crippen LogP contribution in [0.25, 0.3) is 11.1 Å². The lowest BCUT2D eigenvalue weighted by molar-refractivity contribution is 0.644. The van der Waals surface area contributed by atoms with Gasteiger partial charge in [0.25, 0.3) is 0 Å². The van der Waals surface area contributed by atoms with Crippen LogP contribution in [0, 0.1) is 6.92 Å². The van der Waals surface area contributed by atoms with Gasteiger partial charge in [0.1, 0.15) is 0 Å². The lowest BCUT2D eigenvalue weighted by Gasteiger charge is -2.18. The zero-order valence-corrected chi connectivity index (χ0v) is 10.2. The summed E-state index contributed by atoms with van der Waals surface area (Å²) >= 11 is 0. The molecule has 1 heterocycles. The molecule has 3 rings (SSSR count). The van der Waals surface area contributed by atoms with Crippen LogP contribution in [-0.4, -0.2) is 6.54 Å². The molecule has 0 aromatic heterocycles. The minimum Gasteiger partial charge on any atom is -0.312 e. The van der Waals surface area contributed by atoms with Gasteiger partial charge < -0.3 is 5.32 Å². The van der Waals surface area contributed by atoms with Gasteiger partial charge in [0, 0.05) is 6.54 Å². The molecule has 0 radical (unpaired) electrons. The highest BCUT2D eigenvalue weighted by molar-refractivity contribution is 5.65. The number of nitrogens with one attached hydrogen (secondary N) is 1. The molecule has 2 aromatic carbocycles. The summed E-state index contributed by atoms with van der Waals surface area (Å²) in [6.07, 6.45) is 1.16. The molecule has 0 saturated carbocycles. The lowest BCUT2D eigenvalue weighted by Crippen LogP contribution is -2.23. The van der Waals surface area contributed by atoms with Crippen LogP contribution in [0.2, 0.25) is 0 Å². The SMILES string of the molecule is Cc1ccc(-c2ccc3c(c2)CNCC3)cc1. The summed E-state index contributed by atoms with van der Waals surface area (Å²) in [7, 11) is 0. The second kappa shape index (κ2) is 4.34. The van der Waals surface area contributed by atoms with Crippen molar-refractivity contribution in [3.8, 4) is 11.1 Å². The van der Waals surface area contributed by atoms with Gasteiger partial charge in [0.15, 0.2) is 0 Å². The Balaban J connectivity index is 2.01. The molecule has 1 aliphatic rings. The fraction of sp³-hybridized carbons (Fsp3) is 0.250. The van der Waals surface area contributed by atoms with Crippen molar-refractivity contribution in [1.29, 1.82) is 0 Å². The molecule has 0 atom stereocenters. The first kappa shape index (κ1) is 10.5. The highest BCUT2D eigenvalue weighted by Gasteiger charge is 2.09. The second-order valence-electron chi connectivity index (χ2n) is 4.78. The van der Waals surface area contributed by atoms with E-state index in [-0.39, 0.29) is 0 Å². The first-order valence-corrected chi connectivity index (χ1v) is 6.22. The number of hydrogen-bond acceptors (Lipinski definition) is 1. The van der Waals surface area contributed by atoms with Crippen molar-refractivity contribution in [2.45, 2.75) is 19.9 Å². The van der Waals surface area contributed by atoms with Crippen LogP contribution in [0.3, 0.4) is 0 Å². The van der Waals surface area contributed by atoms with Crippen molar-refractivity contribution in [3.63, 3.8) is 0 Å². The van der Waals surface area contributed by atoms with E-state index in [1.54, 1.807) is 0 Å². The molecule has 0 aliphatic carbocycles. The van der Waals surface area contributed by atoms with E-state index >= 15 is 0 Å². The van der Waals surface area contributed by atoms with Crippen LogP contribution in [0.15, 0.2) is 42.5 Å². The highest BCUT2D eigenvalue weighted by atomic mass is 14.9. The monoisotopic (exact) mass is 223 g/mol. The Labute approximate surface area is 102 Å². The van der Waals surface area contributed by atoms with E-state index in [9.17, 15) is 0 Å². The van der Waals surface area contributed by atoms with E-state index < -0.39 is 0 Å². The van der Waals surface area contributed by atoms with Crippen LogP contribution in [-0.2, 0) is 13.0 Å². The molecule has 0 saturated heterocycles. The standard InChI is InChI=1S/C16H17N/c1-12-2-4-13(5-3-12)15-7-6-14-8-9-17-11-16(14)10-15/h2-7,10,17H,8-9,11H2,1H3. The van der Waals surface area contributed by atoms with E-state index in [1.807, 2.05) is 0 Å². The quantitative estimate of drug-likeness (QED) is 0.782. The Kier molecular flexibility index (Phi) is 2.69. The van der Waals surface area contributed by atoms with Gasteiger partial charge in [-0.05, 0) is 48.2 Å². The van der Waals surface area contributed by atoms with Crippen molar-refractivity contribution in [2.24, 2.45) is 0 Å². The lowest BCUT2D eigenvalue weighted by atomic mass is 9.95. The molecular weight excluding hydrogens is 206 g/mol. The first-order valence-electron chi connectivity index (χ1n) is 6.22. The third-order valence-electron chi connectivity index (χ3n) is 3.48. The number of aryl methyl sites for hydroxylation is 1. The summed E-state index contributed by atoms with van der Waals surface area (Å²) in [6.45, 7) is 4.24. The molecule has 0 amide bonds. The maximum Gasteiger partial charge on any atom is 0.0208 e. The Morgan fingerprint density at radius 1 is 0.882 bits per heavy atom. The molecule has 17 heavy (non-hydrogen) atoms. The van der Waals surface area contributed by atoms with Gasteiger partial charge in [-0.15, -0.1) is 0 Å². The minimum absolute atomic E-state index is 1.01. The zero-order valence-electron chi connectivity index (χ0n) is 10.2. The normalized spacial score (nSPS) is 14.4. The number of hydrogen-bond donors (Lipinski definition) is 1. The molecule has 0 unspecified atom stereocenters. The third-order valence-corrected chi connectivity index (χ3v) is 3.48. The van der Waals surface area contributed by atoms with Crippen molar-refractivity contribution < 1.29 is 0 Å². The fourth-order valence-corrected chi connectivity index (χ4v) is 2.41. The Morgan fingerprint density at radius 2 is 1.65 bits per heavy atom. The summed E-state index contributed by atoms with van der Waals surface area (Å²) in [4.78, 5) is 0. The predicted molar refractivity (Wildman–Crippen MR) is 72.0 cm³/mol. The molecule has 1 nitrogen and oxygen atoms in total. The zero-order chi connectivity index (χ0) is 11.7. The second-order valence-corrected chi connectivity index (χ2v) is 4.78. The van der Waals surface area contributed by atoms with Crippen molar-refractivity contribution >= 4 is 0 Å². The largest absolute Gasteiger partial charge is 0.312 e. The summed E-state index contributed by atoms with van der Waals surface area (Å²) in [5.74, 6) is 0. The molecule has 1 heteroatoms. The number of fused-ring (bicyclic) bond motifs is 1. The molecule has 86 valence electrons. The van der Waals surface area contributed by atoms with E-state index in [2.05, 4.69) is 54.7 Å². The van der Waals surface area contributed by atoms with Gasteiger partial charge in [-0.2, -0.15) is 0 Å². The molecule has 0 bridgehead atoms. The molecule has 0 fully saturated rings. The van der Waals surface area contributed by atoms with Crippen LogP contribution in [0.5, 0.6) is 0 Å². The van der Waals surface area contributed by atoms with E-state index in [0.29, 0.717) is 0 Å². The maximum absolute atomic E-state index is 3.43. The summed E-state index contributed by atoms with van der Waals surface area (Å²) in [6, 6.07) is 15.6. The first-order chi connectivity index (χ1) is 8.33. The molecule has 2 aromatic rings. The van der Waals surface area contributed by atoms with E-state index in [1.165, 1.54) is 27.8 Å². The van der Waals surface area contributed by atoms with Crippen molar-refractivity contribution in [2.75, 3.05) is 6.54 Å². The van der Waals surface area contributed by atoms with Crippen molar-refractivity contribution in [3.05, 3.63) is 59.2 Å². The van der Waals surface area contributed by atoms with Gasteiger partial charge >= 0.3 is 0 Å². The van der Waals surface area contributed by atoms with Gasteiger partial charge in [-0.3, -0.25) is 0 Å². The molecule has 1 N–H and O–H groups in total. The van der Waals surface area contributed by atoms with Crippen LogP contribution in [0.1, 0.15) is 16.7 Å². The molecule has 0 spiro atoms. The average molecular weight is 223 g/mol. The van der Waals surface area contributed by atoms with Crippen molar-refractivity contribution in [1.82, 2.24) is 5.32 Å². The van der Waals surface area contributed by atoms with E-state index in [0.717, 1.165) is 19.5 Å². The van der Waals surface area contributed by atoms with Gasteiger partial charge in [-0.25, -0.2) is 0 Å². The van der Waals surface area contributed by atoms with Crippen LogP contribution >= 0.6 is 0 Å². The van der Waals surface area contributed by atoms with Gasteiger partial charge in [-0.1, -0.05) is 42.0 Å². The summed E-state index contributed by atoms with van der Waals surface area (Å²) in [5.41, 5.74) is 6.90. The maximum atomic E-state index is 3.43. The summed E-state index contributed by atoms with van der Waals surface area (Å²) in [5, 5.41) is 3.43. The Hall–Kier alpha value is -1.60.